The number of carbonyl (C=O) groups excluding carboxylic acids is 2. The molecule has 0 bridgehead atoms. The summed E-state index contributed by atoms with van der Waals surface area (Å²) in [6.45, 7) is 3.12. The lowest BCUT2D eigenvalue weighted by Crippen LogP contribution is -2.32. The van der Waals surface area contributed by atoms with Gasteiger partial charge in [0.1, 0.15) is 0 Å². The maximum Gasteiger partial charge on any atom is 0.378 e. The number of hydrogen-bond donors (Lipinski definition) is 1. The Hall–Kier alpha value is -2.11. The van der Waals surface area contributed by atoms with Gasteiger partial charge < -0.3 is 5.11 Å². The van der Waals surface area contributed by atoms with Gasteiger partial charge in [-0.1, -0.05) is 18.7 Å². The summed E-state index contributed by atoms with van der Waals surface area (Å²) < 4.78 is 0. The van der Waals surface area contributed by atoms with Gasteiger partial charge in [0.25, 0.3) is 0 Å². The summed E-state index contributed by atoms with van der Waals surface area (Å²) in [6.07, 6.45) is 4.89. The van der Waals surface area contributed by atoms with Gasteiger partial charge in [-0.2, -0.15) is 0 Å². The van der Waals surface area contributed by atoms with Crippen molar-refractivity contribution in [3.05, 3.63) is 24.8 Å². The zero-order valence-corrected chi connectivity index (χ0v) is 9.00. The molecule has 0 amide bonds. The molecule has 1 aliphatic rings. The molecule has 2 atom stereocenters. The van der Waals surface area contributed by atoms with Crippen LogP contribution in [-0.2, 0) is 24.2 Å². The first-order chi connectivity index (χ1) is 8.06. The fraction of sp³-hybridized carbons (Fsp3) is 0.364. The lowest BCUT2D eigenvalue weighted by atomic mass is 9.84. The standard InChI is InChI=1S/C11H12O6/c1-2-9(12)16-17-11(15)8-6-4-3-5-7(8)10(13)14/h2-3,5,7-8H,1,4,6H2,(H,13,14). The summed E-state index contributed by atoms with van der Waals surface area (Å²) in [5.41, 5.74) is 0. The quantitative estimate of drug-likeness (QED) is 0.340. The molecule has 92 valence electrons. The van der Waals surface area contributed by atoms with Crippen molar-refractivity contribution in [3.63, 3.8) is 0 Å². The largest absolute Gasteiger partial charge is 0.481 e. The molecule has 0 saturated heterocycles. The van der Waals surface area contributed by atoms with E-state index >= 15 is 0 Å². The fourth-order valence-electron chi connectivity index (χ4n) is 1.53. The van der Waals surface area contributed by atoms with E-state index in [1.165, 1.54) is 6.08 Å². The average molecular weight is 240 g/mol. The summed E-state index contributed by atoms with van der Waals surface area (Å²) in [7, 11) is 0. The predicted octanol–water partition coefficient (Wildman–Crippen LogP) is 0.841. The van der Waals surface area contributed by atoms with E-state index in [-0.39, 0.29) is 0 Å². The lowest BCUT2D eigenvalue weighted by Gasteiger charge is -2.21. The third kappa shape index (κ3) is 3.44. The lowest BCUT2D eigenvalue weighted by molar-refractivity contribution is -0.259. The molecular formula is C11H12O6. The van der Waals surface area contributed by atoms with Gasteiger partial charge in [-0.05, 0) is 12.8 Å². The molecule has 0 fully saturated rings. The van der Waals surface area contributed by atoms with Crippen molar-refractivity contribution < 1.29 is 29.3 Å². The van der Waals surface area contributed by atoms with Gasteiger partial charge in [0.05, 0.1) is 11.8 Å². The fourth-order valence-corrected chi connectivity index (χ4v) is 1.53. The second-order valence-electron chi connectivity index (χ2n) is 3.48. The highest BCUT2D eigenvalue weighted by Crippen LogP contribution is 2.26. The van der Waals surface area contributed by atoms with Gasteiger partial charge >= 0.3 is 17.9 Å². The first kappa shape index (κ1) is 13.0. The van der Waals surface area contributed by atoms with Crippen LogP contribution in [0.1, 0.15) is 12.8 Å². The third-order valence-corrected chi connectivity index (χ3v) is 2.38. The summed E-state index contributed by atoms with van der Waals surface area (Å²) in [5, 5.41) is 8.90. The highest BCUT2D eigenvalue weighted by Gasteiger charge is 2.35. The highest BCUT2D eigenvalue weighted by atomic mass is 17.2. The maximum absolute atomic E-state index is 11.5. The van der Waals surface area contributed by atoms with E-state index in [0.717, 1.165) is 6.08 Å². The third-order valence-electron chi connectivity index (χ3n) is 2.38. The number of carboxylic acids is 1. The molecule has 1 aliphatic carbocycles. The molecule has 1 N–H and O–H groups in total. The van der Waals surface area contributed by atoms with Gasteiger partial charge in [0.2, 0.25) is 0 Å². The van der Waals surface area contributed by atoms with Gasteiger partial charge in [0.15, 0.2) is 0 Å². The number of aliphatic carboxylic acids is 1. The van der Waals surface area contributed by atoms with Crippen LogP contribution in [0.5, 0.6) is 0 Å². The van der Waals surface area contributed by atoms with E-state index < -0.39 is 29.7 Å². The van der Waals surface area contributed by atoms with Crippen LogP contribution in [0, 0.1) is 11.8 Å². The Morgan fingerprint density at radius 3 is 2.65 bits per heavy atom. The topological polar surface area (TPSA) is 89.9 Å². The van der Waals surface area contributed by atoms with Gasteiger partial charge in [-0.15, -0.1) is 0 Å². The first-order valence-corrected chi connectivity index (χ1v) is 5.00. The van der Waals surface area contributed by atoms with Crippen LogP contribution in [0.4, 0.5) is 0 Å². The molecule has 0 heterocycles. The Morgan fingerprint density at radius 1 is 1.35 bits per heavy atom. The van der Waals surface area contributed by atoms with Crippen molar-refractivity contribution in [2.75, 3.05) is 0 Å². The minimum atomic E-state index is -1.11. The predicted molar refractivity (Wildman–Crippen MR) is 55.4 cm³/mol. The molecule has 17 heavy (non-hydrogen) atoms. The summed E-state index contributed by atoms with van der Waals surface area (Å²) >= 11 is 0. The van der Waals surface area contributed by atoms with Crippen LogP contribution in [0.25, 0.3) is 0 Å². The Labute approximate surface area is 97.4 Å². The molecule has 0 aromatic heterocycles. The molecule has 6 nitrogen and oxygen atoms in total. The summed E-state index contributed by atoms with van der Waals surface area (Å²) in [5.74, 6) is -4.67. The zero-order chi connectivity index (χ0) is 12.8. The molecule has 0 saturated carbocycles. The van der Waals surface area contributed by atoms with Crippen molar-refractivity contribution >= 4 is 17.9 Å². The van der Waals surface area contributed by atoms with Gasteiger partial charge in [0, 0.05) is 6.08 Å². The molecule has 2 unspecified atom stereocenters. The van der Waals surface area contributed by atoms with E-state index in [2.05, 4.69) is 16.4 Å². The van der Waals surface area contributed by atoms with Crippen LogP contribution >= 0.6 is 0 Å². The second-order valence-corrected chi connectivity index (χ2v) is 3.48. The van der Waals surface area contributed by atoms with Crippen molar-refractivity contribution in [3.8, 4) is 0 Å². The van der Waals surface area contributed by atoms with E-state index in [1.807, 2.05) is 0 Å². The van der Waals surface area contributed by atoms with Crippen LogP contribution in [0.3, 0.4) is 0 Å². The van der Waals surface area contributed by atoms with E-state index in [4.69, 9.17) is 5.11 Å². The second kappa shape index (κ2) is 5.83. The Morgan fingerprint density at radius 2 is 2.06 bits per heavy atom. The minimum absolute atomic E-state index is 0.345. The number of carboxylic acid groups (broad SMARTS) is 1. The molecular weight excluding hydrogens is 228 g/mol. The van der Waals surface area contributed by atoms with Crippen molar-refractivity contribution in [2.45, 2.75) is 12.8 Å². The Balaban J connectivity index is 2.61. The zero-order valence-electron chi connectivity index (χ0n) is 9.00. The number of hydrogen-bond acceptors (Lipinski definition) is 5. The monoisotopic (exact) mass is 240 g/mol. The number of rotatable bonds is 3. The first-order valence-electron chi connectivity index (χ1n) is 5.00. The molecule has 6 heteroatoms. The highest BCUT2D eigenvalue weighted by molar-refractivity contribution is 5.84. The van der Waals surface area contributed by atoms with E-state index in [1.54, 1.807) is 6.08 Å². The summed E-state index contributed by atoms with van der Waals surface area (Å²) in [4.78, 5) is 41.4. The van der Waals surface area contributed by atoms with Crippen LogP contribution in [-0.4, -0.2) is 23.0 Å². The Bertz CT molecular complexity index is 370. The van der Waals surface area contributed by atoms with Crippen LogP contribution in [0.15, 0.2) is 24.8 Å². The Kier molecular flexibility index (Phi) is 4.45. The molecule has 0 radical (unpaired) electrons. The summed E-state index contributed by atoms with van der Waals surface area (Å²) in [6, 6.07) is 0. The molecule has 1 rings (SSSR count). The smallest absolute Gasteiger partial charge is 0.378 e. The number of allylic oxidation sites excluding steroid dienone is 1. The van der Waals surface area contributed by atoms with E-state index in [0.29, 0.717) is 12.8 Å². The maximum atomic E-state index is 11.5. The minimum Gasteiger partial charge on any atom is -0.481 e. The van der Waals surface area contributed by atoms with Gasteiger partial charge in [-0.3, -0.25) is 4.79 Å². The average Bonchev–Trinajstić information content (AvgIpc) is 2.35. The number of carbonyl (C=O) groups is 3. The van der Waals surface area contributed by atoms with Crippen molar-refractivity contribution in [2.24, 2.45) is 11.8 Å². The van der Waals surface area contributed by atoms with Crippen LogP contribution < -0.4 is 0 Å². The molecule has 0 spiro atoms. The van der Waals surface area contributed by atoms with Crippen LogP contribution in [0.2, 0.25) is 0 Å². The molecule has 0 aliphatic heterocycles. The van der Waals surface area contributed by atoms with Crippen molar-refractivity contribution in [1.82, 2.24) is 0 Å². The normalized spacial score (nSPS) is 22.6. The molecule has 0 aromatic carbocycles. The van der Waals surface area contributed by atoms with Gasteiger partial charge in [-0.25, -0.2) is 19.4 Å². The van der Waals surface area contributed by atoms with Crippen molar-refractivity contribution in [1.29, 1.82) is 0 Å². The SMILES string of the molecule is C=CC(=O)OOC(=O)C1CCC=CC1C(=O)O. The molecule has 0 aromatic rings. The van der Waals surface area contributed by atoms with E-state index in [9.17, 15) is 14.4 Å².